The van der Waals surface area contributed by atoms with Crippen LogP contribution in [0.3, 0.4) is 0 Å². The molecule has 0 heterocycles. The van der Waals surface area contributed by atoms with Gasteiger partial charge in [-0.25, -0.2) is 0 Å². The van der Waals surface area contributed by atoms with Gasteiger partial charge < -0.3 is 24.3 Å². The third-order valence-electron chi connectivity index (χ3n) is 4.20. The number of Topliss-reactive ketones (excluding diaryl/α,β-unsaturated/α-hetero) is 1. The normalized spacial score (nSPS) is 12.3. The Hall–Kier alpha value is -1.63. The fourth-order valence-electron chi connectivity index (χ4n) is 2.77. The summed E-state index contributed by atoms with van der Waals surface area (Å²) < 4.78 is 26.9. The summed E-state index contributed by atoms with van der Waals surface area (Å²) in [5.41, 5.74) is 0.239. The molecule has 2 rings (SSSR count). The van der Waals surface area contributed by atoms with Crippen LogP contribution in [-0.4, -0.2) is 37.5 Å². The molecular formula is C19H24O8P2. The van der Waals surface area contributed by atoms with Gasteiger partial charge in [-0.1, -0.05) is 61.0 Å². The molecular weight excluding hydrogens is 418 g/mol. The zero-order valence-corrected chi connectivity index (χ0v) is 17.4. The molecule has 2 aromatic carbocycles. The monoisotopic (exact) mass is 442 g/mol. The first-order chi connectivity index (χ1) is 13.6. The van der Waals surface area contributed by atoms with Crippen LogP contribution in [0, 0.1) is 0 Å². The van der Waals surface area contributed by atoms with Crippen molar-refractivity contribution >= 4 is 21.0 Å². The van der Waals surface area contributed by atoms with E-state index in [1.807, 2.05) is 42.5 Å². The molecule has 0 spiro atoms. The summed E-state index contributed by atoms with van der Waals surface area (Å²) in [5, 5.41) is 0. The molecule has 0 fully saturated rings. The Labute approximate surface area is 168 Å². The van der Waals surface area contributed by atoms with Gasteiger partial charge >= 0.3 is 15.2 Å². The third-order valence-corrected chi connectivity index (χ3v) is 7.46. The summed E-state index contributed by atoms with van der Waals surface area (Å²) in [6, 6.07) is 17.1. The van der Waals surface area contributed by atoms with E-state index in [4.69, 9.17) is 24.3 Å². The maximum Gasteiger partial charge on any atom is 0.366 e. The summed E-state index contributed by atoms with van der Waals surface area (Å²) in [4.78, 5) is 48.1. The highest BCUT2D eigenvalue weighted by Crippen LogP contribution is 2.60. The van der Waals surface area contributed by atoms with Crippen molar-refractivity contribution in [1.82, 2.24) is 0 Å². The second-order valence-corrected chi connectivity index (χ2v) is 10.3. The highest BCUT2D eigenvalue weighted by Gasteiger charge is 2.44. The molecule has 29 heavy (non-hydrogen) atoms. The SMILES string of the molecule is O=C(CCCCCOC(P(=O)(O)O)P(=O)(O)O)c1ccc(-c2ccccc2)cc1. The van der Waals surface area contributed by atoms with Crippen molar-refractivity contribution in [2.75, 3.05) is 6.61 Å². The van der Waals surface area contributed by atoms with E-state index in [9.17, 15) is 13.9 Å². The maximum atomic E-state index is 12.3. The lowest BCUT2D eigenvalue weighted by molar-refractivity contribution is 0.0971. The van der Waals surface area contributed by atoms with Crippen molar-refractivity contribution in [2.45, 2.75) is 31.3 Å². The van der Waals surface area contributed by atoms with E-state index in [1.165, 1.54) is 0 Å². The lowest BCUT2D eigenvalue weighted by atomic mass is 10.0. The van der Waals surface area contributed by atoms with E-state index < -0.39 is 20.8 Å². The van der Waals surface area contributed by atoms with Gasteiger partial charge in [-0.15, -0.1) is 0 Å². The molecule has 0 aliphatic heterocycles. The Kier molecular flexibility index (Phi) is 8.49. The number of carbonyl (C=O) groups is 1. The zero-order valence-electron chi connectivity index (χ0n) is 15.6. The molecule has 0 amide bonds. The number of ketones is 1. The van der Waals surface area contributed by atoms with Gasteiger partial charge in [-0.05, 0) is 24.0 Å². The minimum atomic E-state index is -5.07. The molecule has 4 N–H and O–H groups in total. The molecule has 0 saturated heterocycles. The predicted molar refractivity (Wildman–Crippen MR) is 109 cm³/mol. The summed E-state index contributed by atoms with van der Waals surface area (Å²) in [5.74, 6) is -0.0196. The van der Waals surface area contributed by atoms with Gasteiger partial charge in [0.15, 0.2) is 5.78 Å². The van der Waals surface area contributed by atoms with Crippen molar-refractivity contribution in [3.8, 4) is 11.1 Å². The standard InChI is InChI=1S/C19H24O8P2/c20-18(17-12-10-16(11-13-17)15-7-3-1-4-8-15)9-5-2-6-14-27-19(28(21,22)23)29(24,25)26/h1,3-4,7-8,10-13,19H,2,5-6,9,14H2,(H2,21,22,23)(H2,24,25,26). The van der Waals surface area contributed by atoms with Gasteiger partial charge in [0, 0.05) is 18.6 Å². The smallest absolute Gasteiger partial charge is 0.355 e. The lowest BCUT2D eigenvalue weighted by Crippen LogP contribution is -2.14. The van der Waals surface area contributed by atoms with E-state index in [0.29, 0.717) is 31.2 Å². The molecule has 8 nitrogen and oxygen atoms in total. The maximum absolute atomic E-state index is 12.3. The topological polar surface area (TPSA) is 141 Å². The van der Waals surface area contributed by atoms with Crippen LogP contribution in [0.25, 0.3) is 11.1 Å². The molecule has 0 saturated carbocycles. The van der Waals surface area contributed by atoms with E-state index in [1.54, 1.807) is 12.1 Å². The average molecular weight is 442 g/mol. The molecule has 0 radical (unpaired) electrons. The van der Waals surface area contributed by atoms with Crippen molar-refractivity contribution in [3.05, 3.63) is 60.2 Å². The first-order valence-corrected chi connectivity index (χ1v) is 12.4. The van der Waals surface area contributed by atoms with Gasteiger partial charge in [0.2, 0.25) is 0 Å². The number of hydrogen-bond donors (Lipinski definition) is 4. The minimum Gasteiger partial charge on any atom is -0.355 e. The Bertz CT molecular complexity index is 864. The molecule has 2 aromatic rings. The largest absolute Gasteiger partial charge is 0.366 e. The molecule has 10 heteroatoms. The van der Waals surface area contributed by atoms with Crippen LogP contribution < -0.4 is 0 Å². The average Bonchev–Trinajstić information content (AvgIpc) is 2.66. The molecule has 0 aliphatic carbocycles. The first kappa shape index (κ1) is 23.6. The van der Waals surface area contributed by atoms with Crippen LogP contribution in [-0.2, 0) is 13.9 Å². The van der Waals surface area contributed by atoms with E-state index in [-0.39, 0.29) is 12.4 Å². The fourth-order valence-corrected chi connectivity index (χ4v) is 4.93. The van der Waals surface area contributed by atoms with Crippen LogP contribution >= 0.6 is 15.2 Å². The van der Waals surface area contributed by atoms with Crippen molar-refractivity contribution in [1.29, 1.82) is 0 Å². The molecule has 0 aliphatic rings. The van der Waals surface area contributed by atoms with Crippen LogP contribution in [0.2, 0.25) is 0 Å². The molecule has 0 aromatic heterocycles. The number of ether oxygens (including phenoxy) is 1. The van der Waals surface area contributed by atoms with Crippen LogP contribution in [0.15, 0.2) is 54.6 Å². The second-order valence-electron chi connectivity index (χ2n) is 6.55. The predicted octanol–water partition coefficient (Wildman–Crippen LogP) is 3.75. The Morgan fingerprint density at radius 3 is 1.90 bits per heavy atom. The van der Waals surface area contributed by atoms with Crippen LogP contribution in [0.4, 0.5) is 0 Å². The number of rotatable bonds is 11. The summed E-state index contributed by atoms with van der Waals surface area (Å²) >= 11 is 0. The van der Waals surface area contributed by atoms with Crippen LogP contribution in [0.5, 0.6) is 0 Å². The quantitative estimate of drug-likeness (QED) is 0.234. The number of hydrogen-bond acceptors (Lipinski definition) is 4. The highest BCUT2D eigenvalue weighted by atomic mass is 31.2. The third kappa shape index (κ3) is 7.61. The molecule has 0 bridgehead atoms. The summed E-state index contributed by atoms with van der Waals surface area (Å²) in [6.07, 6.45) is 1.66. The molecule has 0 unspecified atom stereocenters. The molecule has 0 atom stereocenters. The Balaban J connectivity index is 1.75. The second kappa shape index (κ2) is 10.4. The van der Waals surface area contributed by atoms with E-state index >= 15 is 0 Å². The van der Waals surface area contributed by atoms with E-state index in [0.717, 1.165) is 11.1 Å². The summed E-state index contributed by atoms with van der Waals surface area (Å²) in [6.45, 7) is -0.221. The van der Waals surface area contributed by atoms with Gasteiger partial charge in [0.1, 0.15) is 0 Å². The minimum absolute atomic E-state index is 0.0196. The van der Waals surface area contributed by atoms with Gasteiger partial charge in [0.25, 0.3) is 5.59 Å². The summed E-state index contributed by atoms with van der Waals surface area (Å²) in [7, 11) is -10.1. The van der Waals surface area contributed by atoms with Gasteiger partial charge in [-0.2, -0.15) is 0 Å². The van der Waals surface area contributed by atoms with Gasteiger partial charge in [-0.3, -0.25) is 13.9 Å². The van der Waals surface area contributed by atoms with Crippen molar-refractivity contribution < 1.29 is 38.2 Å². The van der Waals surface area contributed by atoms with Crippen LogP contribution in [0.1, 0.15) is 36.0 Å². The first-order valence-electron chi connectivity index (χ1n) is 9.00. The lowest BCUT2D eigenvalue weighted by Gasteiger charge is -2.19. The number of carbonyl (C=O) groups excluding carboxylic acids is 1. The number of unbranched alkanes of at least 4 members (excludes halogenated alkanes) is 2. The van der Waals surface area contributed by atoms with Gasteiger partial charge in [0.05, 0.1) is 0 Å². The Morgan fingerprint density at radius 1 is 0.793 bits per heavy atom. The number of benzene rings is 2. The fraction of sp³-hybridized carbons (Fsp3) is 0.316. The zero-order chi connectivity index (χ0) is 21.5. The van der Waals surface area contributed by atoms with E-state index in [2.05, 4.69) is 0 Å². The van der Waals surface area contributed by atoms with Crippen molar-refractivity contribution in [3.63, 3.8) is 0 Å². The molecule has 158 valence electrons. The highest BCUT2D eigenvalue weighted by molar-refractivity contribution is 7.70. The van der Waals surface area contributed by atoms with Crippen molar-refractivity contribution in [2.24, 2.45) is 0 Å². The Morgan fingerprint density at radius 2 is 1.34 bits per heavy atom.